The second-order valence-electron chi connectivity index (χ2n) is 11.2. The smallest absolute Gasteiger partial charge is 0.255 e. The summed E-state index contributed by atoms with van der Waals surface area (Å²) in [5.74, 6) is -7.86. The van der Waals surface area contributed by atoms with Crippen LogP contribution in [0.25, 0.3) is 0 Å². The van der Waals surface area contributed by atoms with Crippen molar-refractivity contribution in [2.24, 2.45) is 11.8 Å². The number of benzene rings is 2. The first-order chi connectivity index (χ1) is 19.0. The van der Waals surface area contributed by atoms with E-state index in [2.05, 4.69) is 10.6 Å². The van der Waals surface area contributed by atoms with E-state index in [1.807, 2.05) is 0 Å². The number of rotatable bonds is 8. The van der Waals surface area contributed by atoms with Gasteiger partial charge in [-0.2, -0.15) is 0 Å². The number of hydrogen-bond donors (Lipinski definition) is 5. The molecule has 2 saturated carbocycles. The Morgan fingerprint density at radius 1 is 1.10 bits per heavy atom. The standard InChI is InChI=1S/C27H30ClF3N2O7S/c1-26(2,37)22(34)12-32-25(36)27(38)14-4-5-15(27)9-17(8-14)41(39,40)21-7-13(3-6-18(21)28)24(35)33-16-10-19(29)23(31)20(30)11-16/h3,6-7,10-11,14-15,17,22,34,37-38H,4-5,8-9,12H2,1-2H3,(H,32,36)(H,33,35)/t14?,15?,17-,22?,27-. The fourth-order valence-electron chi connectivity index (χ4n) is 5.58. The van der Waals surface area contributed by atoms with Gasteiger partial charge in [-0.05, 0) is 69.6 Å². The molecular weight excluding hydrogens is 589 g/mol. The van der Waals surface area contributed by atoms with Crippen LogP contribution in [0.4, 0.5) is 18.9 Å². The van der Waals surface area contributed by atoms with Crippen molar-refractivity contribution < 1.29 is 46.5 Å². The zero-order valence-electron chi connectivity index (χ0n) is 22.1. The van der Waals surface area contributed by atoms with Gasteiger partial charge in [0.15, 0.2) is 27.3 Å². The first kappa shape index (κ1) is 31.2. The molecule has 3 unspecified atom stereocenters. The molecule has 4 rings (SSSR count). The van der Waals surface area contributed by atoms with Crippen LogP contribution < -0.4 is 10.6 Å². The van der Waals surface area contributed by atoms with Crippen LogP contribution in [-0.2, 0) is 14.6 Å². The highest BCUT2D eigenvalue weighted by molar-refractivity contribution is 7.92. The summed E-state index contributed by atoms with van der Waals surface area (Å²) in [4.78, 5) is 25.4. The van der Waals surface area contributed by atoms with E-state index in [9.17, 15) is 46.5 Å². The van der Waals surface area contributed by atoms with Crippen LogP contribution in [0.2, 0.25) is 5.02 Å². The summed E-state index contributed by atoms with van der Waals surface area (Å²) in [5, 5.41) is 34.7. The maximum Gasteiger partial charge on any atom is 0.255 e. The molecule has 2 aliphatic rings. The normalized spacial score (nSPS) is 25.0. The quantitative estimate of drug-likeness (QED) is 0.285. The average Bonchev–Trinajstić information content (AvgIpc) is 3.05. The highest BCUT2D eigenvalue weighted by atomic mass is 35.5. The molecule has 5 N–H and O–H groups in total. The van der Waals surface area contributed by atoms with Gasteiger partial charge in [0, 0.05) is 29.9 Å². The Hall–Kier alpha value is -2.71. The second-order valence-corrected chi connectivity index (χ2v) is 13.8. The summed E-state index contributed by atoms with van der Waals surface area (Å²) in [6.07, 6.45) is -0.669. The van der Waals surface area contributed by atoms with Crippen molar-refractivity contribution in [3.05, 3.63) is 58.4 Å². The topological polar surface area (TPSA) is 153 Å². The van der Waals surface area contributed by atoms with Gasteiger partial charge in [0.2, 0.25) is 0 Å². The molecule has 3 atom stereocenters. The maximum absolute atomic E-state index is 13.7. The number of anilines is 1. The number of hydrogen-bond acceptors (Lipinski definition) is 7. The predicted octanol–water partition coefficient (Wildman–Crippen LogP) is 2.95. The highest BCUT2D eigenvalue weighted by Crippen LogP contribution is 2.52. The molecule has 9 nitrogen and oxygen atoms in total. The van der Waals surface area contributed by atoms with Gasteiger partial charge >= 0.3 is 0 Å². The van der Waals surface area contributed by atoms with Crippen molar-refractivity contribution >= 4 is 38.9 Å². The Morgan fingerprint density at radius 3 is 2.20 bits per heavy atom. The van der Waals surface area contributed by atoms with Gasteiger partial charge in [0.05, 0.1) is 26.9 Å². The molecule has 2 aromatic rings. The summed E-state index contributed by atoms with van der Waals surface area (Å²) in [7, 11) is -4.18. The number of amides is 2. The van der Waals surface area contributed by atoms with Gasteiger partial charge in [0.1, 0.15) is 5.60 Å². The first-order valence-corrected chi connectivity index (χ1v) is 14.8. The number of sulfone groups is 1. The molecule has 2 amide bonds. The zero-order valence-corrected chi connectivity index (χ0v) is 23.7. The maximum atomic E-state index is 13.7. The molecule has 2 aromatic carbocycles. The SMILES string of the molecule is CC(C)(O)C(O)CNC(=O)[C@]1(O)C2CCC1C[C@@H](S(=O)(=O)c1cc(C(=O)Nc3cc(F)c(F)c(F)c3)ccc1Cl)C2. The minimum atomic E-state index is -4.18. The number of carbonyl (C=O) groups is 2. The fourth-order valence-corrected chi connectivity index (χ4v) is 7.98. The minimum Gasteiger partial charge on any atom is -0.388 e. The molecule has 2 fully saturated rings. The molecule has 2 bridgehead atoms. The van der Waals surface area contributed by atoms with Crippen LogP contribution in [-0.4, -0.2) is 64.7 Å². The Morgan fingerprint density at radius 2 is 1.66 bits per heavy atom. The van der Waals surface area contributed by atoms with E-state index < -0.39 is 73.5 Å². The first-order valence-electron chi connectivity index (χ1n) is 12.9. The second kappa shape index (κ2) is 11.2. The van der Waals surface area contributed by atoms with Crippen LogP contribution in [0, 0.1) is 29.3 Å². The average molecular weight is 619 g/mol. The highest BCUT2D eigenvalue weighted by Gasteiger charge is 2.59. The van der Waals surface area contributed by atoms with Crippen molar-refractivity contribution in [1.82, 2.24) is 5.32 Å². The van der Waals surface area contributed by atoms with Crippen molar-refractivity contribution in [1.29, 1.82) is 0 Å². The molecule has 0 saturated heterocycles. The molecule has 0 aliphatic heterocycles. The number of aliphatic hydroxyl groups excluding tert-OH is 1. The third-order valence-corrected chi connectivity index (χ3v) is 10.7. The molecule has 0 spiro atoms. The molecular formula is C27H30ClF3N2O7S. The van der Waals surface area contributed by atoms with Gasteiger partial charge in [-0.25, -0.2) is 21.6 Å². The Balaban J connectivity index is 1.52. The van der Waals surface area contributed by atoms with Gasteiger partial charge in [0.25, 0.3) is 11.8 Å². The van der Waals surface area contributed by atoms with Crippen LogP contribution in [0.5, 0.6) is 0 Å². The van der Waals surface area contributed by atoms with E-state index in [-0.39, 0.29) is 40.6 Å². The van der Waals surface area contributed by atoms with Crippen molar-refractivity contribution in [2.75, 3.05) is 11.9 Å². The minimum absolute atomic E-state index is 0.0717. The van der Waals surface area contributed by atoms with Crippen LogP contribution in [0.1, 0.15) is 49.9 Å². The number of fused-ring (bicyclic) bond motifs is 2. The van der Waals surface area contributed by atoms with E-state index in [0.29, 0.717) is 25.0 Å². The molecule has 0 aromatic heterocycles. The van der Waals surface area contributed by atoms with Crippen molar-refractivity contribution in [3.63, 3.8) is 0 Å². The zero-order chi connectivity index (χ0) is 30.5. The Bertz CT molecular complexity index is 1440. The summed E-state index contributed by atoms with van der Waals surface area (Å²) < 4.78 is 67.7. The van der Waals surface area contributed by atoms with Crippen LogP contribution >= 0.6 is 11.6 Å². The fraction of sp³-hybridized carbons (Fsp3) is 0.481. The van der Waals surface area contributed by atoms with E-state index in [1.54, 1.807) is 0 Å². The molecule has 41 heavy (non-hydrogen) atoms. The molecule has 224 valence electrons. The summed E-state index contributed by atoms with van der Waals surface area (Å²) in [6.45, 7) is 2.42. The molecule has 0 heterocycles. The monoisotopic (exact) mass is 618 g/mol. The number of aliphatic hydroxyl groups is 3. The molecule has 2 aliphatic carbocycles. The van der Waals surface area contributed by atoms with Crippen molar-refractivity contribution in [2.45, 2.75) is 67.0 Å². The van der Waals surface area contributed by atoms with Crippen LogP contribution in [0.15, 0.2) is 35.2 Å². The van der Waals surface area contributed by atoms with Gasteiger partial charge < -0.3 is 26.0 Å². The van der Waals surface area contributed by atoms with Gasteiger partial charge in [-0.1, -0.05) is 11.6 Å². The summed E-state index contributed by atoms with van der Waals surface area (Å²) in [5.41, 5.74) is -3.94. The largest absolute Gasteiger partial charge is 0.388 e. The van der Waals surface area contributed by atoms with E-state index >= 15 is 0 Å². The van der Waals surface area contributed by atoms with Gasteiger partial charge in [-0.15, -0.1) is 0 Å². The predicted molar refractivity (Wildman–Crippen MR) is 142 cm³/mol. The van der Waals surface area contributed by atoms with Crippen LogP contribution in [0.3, 0.4) is 0 Å². The summed E-state index contributed by atoms with van der Waals surface area (Å²) in [6, 6.07) is 4.57. The van der Waals surface area contributed by atoms with Gasteiger partial charge in [-0.3, -0.25) is 9.59 Å². The lowest BCUT2D eigenvalue weighted by Crippen LogP contribution is -2.59. The number of nitrogens with one attached hydrogen (secondary N) is 2. The summed E-state index contributed by atoms with van der Waals surface area (Å²) >= 11 is 6.22. The molecule has 0 radical (unpaired) electrons. The van der Waals surface area contributed by atoms with E-state index in [1.165, 1.54) is 26.0 Å². The lowest BCUT2D eigenvalue weighted by Gasteiger charge is -2.41. The number of halogens is 4. The Labute approximate surface area is 239 Å². The Kier molecular flexibility index (Phi) is 8.51. The van der Waals surface area contributed by atoms with Crippen molar-refractivity contribution in [3.8, 4) is 0 Å². The third kappa shape index (κ3) is 5.96. The number of carbonyl (C=O) groups excluding carboxylic acids is 2. The lowest BCUT2D eigenvalue weighted by molar-refractivity contribution is -0.153. The molecule has 14 heteroatoms. The lowest BCUT2D eigenvalue weighted by atomic mass is 9.73. The van der Waals surface area contributed by atoms with E-state index in [0.717, 1.165) is 6.07 Å². The van der Waals surface area contributed by atoms with E-state index in [4.69, 9.17) is 11.6 Å². The third-order valence-electron chi connectivity index (χ3n) is 8.02.